The Bertz CT molecular complexity index is 1190. The van der Waals surface area contributed by atoms with E-state index in [1.807, 2.05) is 0 Å². The fraction of sp³-hybridized carbons (Fsp3) is 0.586. The van der Waals surface area contributed by atoms with Gasteiger partial charge in [-0.3, -0.25) is 14.7 Å². The number of carbonyl (C=O) groups excluding carboxylic acids is 2. The van der Waals surface area contributed by atoms with E-state index in [1.165, 1.54) is 44.2 Å². The number of anilines is 1. The number of aliphatic hydroxyl groups excluding tert-OH is 2. The Morgan fingerprint density at radius 3 is 2.37 bits per heavy atom. The molecule has 3 N–H and O–H groups in total. The number of halogens is 2. The van der Waals surface area contributed by atoms with E-state index < -0.39 is 55.0 Å². The molecule has 0 spiro atoms. The highest BCUT2D eigenvalue weighted by Crippen LogP contribution is 2.39. The average Bonchev–Trinajstić information content (AvgIpc) is 3.18. The van der Waals surface area contributed by atoms with Crippen LogP contribution in [0.25, 0.3) is 0 Å². The minimum Gasteiger partial charge on any atom is -0.462 e. The Morgan fingerprint density at radius 2 is 1.73 bits per heavy atom. The molecule has 1 fully saturated rings. The SMILES string of the molecule is CCCCCCCCCCCOC(=O)c1ccccc1CC(=O)N(c1ccnc(=O)[nH]1)[C@@H]1O[C@H](CO)[C@@H](O)C1(F)F. The minimum absolute atomic E-state index is 0.104. The van der Waals surface area contributed by atoms with E-state index in [4.69, 9.17) is 9.47 Å². The topological polar surface area (TPSA) is 142 Å². The van der Waals surface area contributed by atoms with E-state index in [-0.39, 0.29) is 23.6 Å². The van der Waals surface area contributed by atoms with E-state index >= 15 is 8.78 Å². The molecular weight excluding hydrogens is 540 g/mol. The molecule has 41 heavy (non-hydrogen) atoms. The Hall–Kier alpha value is -3.22. The second-order valence-electron chi connectivity index (χ2n) is 10.2. The molecule has 2 aromatic rings. The number of nitrogens with one attached hydrogen (secondary N) is 1. The lowest BCUT2D eigenvalue weighted by atomic mass is 10.0. The van der Waals surface area contributed by atoms with Crippen LogP contribution in [0.1, 0.15) is 80.6 Å². The smallest absolute Gasteiger partial charge is 0.346 e. The number of H-pyrrole nitrogens is 1. The Balaban J connectivity index is 1.67. The van der Waals surface area contributed by atoms with Crippen LogP contribution in [0, 0.1) is 0 Å². The molecule has 1 aliphatic heterocycles. The van der Waals surface area contributed by atoms with Crippen LogP contribution < -0.4 is 10.6 Å². The number of unbranched alkanes of at least 4 members (excludes halogenated alkanes) is 8. The van der Waals surface area contributed by atoms with Gasteiger partial charge in [0.2, 0.25) is 12.1 Å². The van der Waals surface area contributed by atoms with Crippen LogP contribution in [-0.2, 0) is 20.7 Å². The van der Waals surface area contributed by atoms with Crippen LogP contribution in [0.3, 0.4) is 0 Å². The number of benzene rings is 1. The number of nitrogens with zero attached hydrogens (tertiary/aromatic N) is 2. The first-order valence-corrected chi connectivity index (χ1v) is 14.1. The van der Waals surface area contributed by atoms with E-state index in [0.717, 1.165) is 31.5 Å². The third kappa shape index (κ3) is 8.64. The number of hydrogen-bond donors (Lipinski definition) is 3. The number of carbonyl (C=O) groups is 2. The number of amides is 1. The number of rotatable bonds is 16. The number of hydrogen-bond acceptors (Lipinski definition) is 8. The van der Waals surface area contributed by atoms with Gasteiger partial charge in [0.15, 0.2) is 6.10 Å². The Morgan fingerprint density at radius 1 is 1.07 bits per heavy atom. The van der Waals surface area contributed by atoms with Gasteiger partial charge in [-0.05, 0) is 24.1 Å². The summed E-state index contributed by atoms with van der Waals surface area (Å²) in [5.74, 6) is -5.94. The highest BCUT2D eigenvalue weighted by atomic mass is 19.3. The molecule has 226 valence electrons. The van der Waals surface area contributed by atoms with Crippen molar-refractivity contribution in [1.82, 2.24) is 9.97 Å². The molecule has 3 atom stereocenters. The molecule has 1 aliphatic rings. The highest BCUT2D eigenvalue weighted by molar-refractivity contribution is 5.98. The van der Waals surface area contributed by atoms with Crippen LogP contribution in [0.15, 0.2) is 41.3 Å². The zero-order valence-corrected chi connectivity index (χ0v) is 23.3. The maximum Gasteiger partial charge on any atom is 0.346 e. The Labute approximate surface area is 237 Å². The van der Waals surface area contributed by atoms with Crippen molar-refractivity contribution in [2.24, 2.45) is 0 Å². The molecule has 3 rings (SSSR count). The predicted octanol–water partition coefficient (Wildman–Crippen LogP) is 3.75. The van der Waals surface area contributed by atoms with E-state index in [1.54, 1.807) is 12.1 Å². The molecule has 0 bridgehead atoms. The maximum atomic E-state index is 15.0. The fourth-order valence-corrected chi connectivity index (χ4v) is 4.77. The normalized spacial score (nSPS) is 19.7. The van der Waals surface area contributed by atoms with Gasteiger partial charge in [0.25, 0.3) is 0 Å². The van der Waals surface area contributed by atoms with Gasteiger partial charge >= 0.3 is 17.6 Å². The zero-order chi connectivity index (χ0) is 29.8. The number of aliphatic hydroxyl groups is 2. The molecule has 1 aromatic heterocycles. The van der Waals surface area contributed by atoms with E-state index in [2.05, 4.69) is 16.9 Å². The second-order valence-corrected chi connectivity index (χ2v) is 10.2. The fourth-order valence-electron chi connectivity index (χ4n) is 4.77. The van der Waals surface area contributed by atoms with Crippen molar-refractivity contribution in [2.75, 3.05) is 18.1 Å². The van der Waals surface area contributed by atoms with Crippen LogP contribution in [-0.4, -0.2) is 69.6 Å². The number of esters is 1. The molecule has 0 saturated carbocycles. The molecule has 0 unspecified atom stereocenters. The standard InChI is InChI=1S/C29H39F2N3O7/c1-2-3-4-5-6-7-8-9-12-17-40-26(38)21-14-11-10-13-20(21)18-24(36)34(23-15-16-32-28(39)33-23)27-29(30,31)25(37)22(19-35)41-27/h10-11,13-16,22,25,27,35,37H,2-9,12,17-19H2,1H3,(H,32,33,39)/t22-,25-,27-/m1/s1. The van der Waals surface area contributed by atoms with Crippen molar-refractivity contribution in [3.05, 3.63) is 58.1 Å². The van der Waals surface area contributed by atoms with Gasteiger partial charge in [-0.25, -0.2) is 14.6 Å². The maximum absolute atomic E-state index is 15.0. The van der Waals surface area contributed by atoms with Gasteiger partial charge in [-0.2, -0.15) is 8.78 Å². The van der Waals surface area contributed by atoms with Gasteiger partial charge in [0.1, 0.15) is 11.9 Å². The third-order valence-corrected chi connectivity index (χ3v) is 7.04. The quantitative estimate of drug-likeness (QED) is 0.202. The zero-order valence-electron chi connectivity index (χ0n) is 23.3. The van der Waals surface area contributed by atoms with Gasteiger partial charge in [-0.1, -0.05) is 76.5 Å². The summed E-state index contributed by atoms with van der Waals surface area (Å²) in [5.41, 5.74) is -0.579. The first-order chi connectivity index (χ1) is 19.7. The summed E-state index contributed by atoms with van der Waals surface area (Å²) in [5, 5.41) is 19.4. The average molecular weight is 580 g/mol. The molecular formula is C29H39F2N3O7. The van der Waals surface area contributed by atoms with Gasteiger partial charge < -0.3 is 19.7 Å². The Kier molecular flexibility index (Phi) is 12.4. The van der Waals surface area contributed by atoms with Gasteiger partial charge in [0, 0.05) is 6.20 Å². The van der Waals surface area contributed by atoms with Crippen LogP contribution in [0.4, 0.5) is 14.6 Å². The summed E-state index contributed by atoms with van der Waals surface area (Å²) in [6.45, 7) is 1.48. The first-order valence-electron chi connectivity index (χ1n) is 14.1. The van der Waals surface area contributed by atoms with Crippen molar-refractivity contribution >= 4 is 17.7 Å². The van der Waals surface area contributed by atoms with Crippen molar-refractivity contribution in [3.8, 4) is 0 Å². The molecule has 0 radical (unpaired) electrons. The van der Waals surface area contributed by atoms with Gasteiger partial charge in [-0.15, -0.1) is 0 Å². The van der Waals surface area contributed by atoms with Crippen LogP contribution in [0.5, 0.6) is 0 Å². The molecule has 1 aromatic carbocycles. The molecule has 10 nitrogen and oxygen atoms in total. The first kappa shape index (κ1) is 32.3. The molecule has 2 heterocycles. The lowest BCUT2D eigenvalue weighted by Crippen LogP contribution is -2.53. The molecule has 1 saturated heterocycles. The summed E-state index contributed by atoms with van der Waals surface area (Å²) in [6.07, 6.45) is 4.09. The van der Waals surface area contributed by atoms with Crippen molar-refractivity contribution < 1.29 is 38.1 Å². The number of ether oxygens (including phenoxy) is 2. The summed E-state index contributed by atoms with van der Waals surface area (Å²) < 4.78 is 40.7. The molecule has 1 amide bonds. The predicted molar refractivity (Wildman–Crippen MR) is 147 cm³/mol. The van der Waals surface area contributed by atoms with Crippen LogP contribution in [0.2, 0.25) is 0 Å². The highest BCUT2D eigenvalue weighted by Gasteiger charge is 2.61. The summed E-state index contributed by atoms with van der Waals surface area (Å²) in [4.78, 5) is 44.4. The number of aromatic amines is 1. The largest absolute Gasteiger partial charge is 0.462 e. The molecule has 12 heteroatoms. The lowest BCUT2D eigenvalue weighted by Gasteiger charge is -2.31. The summed E-state index contributed by atoms with van der Waals surface area (Å²) >= 11 is 0. The lowest BCUT2D eigenvalue weighted by molar-refractivity contribution is -0.133. The summed E-state index contributed by atoms with van der Waals surface area (Å²) in [6, 6.07) is 7.29. The van der Waals surface area contributed by atoms with E-state index in [0.29, 0.717) is 11.3 Å². The molecule has 0 aliphatic carbocycles. The minimum atomic E-state index is -3.99. The van der Waals surface area contributed by atoms with Crippen molar-refractivity contribution in [1.29, 1.82) is 0 Å². The number of aromatic nitrogens is 2. The monoisotopic (exact) mass is 579 g/mol. The summed E-state index contributed by atoms with van der Waals surface area (Å²) in [7, 11) is 0. The van der Waals surface area contributed by atoms with Gasteiger partial charge in [0.05, 0.1) is 25.2 Å². The third-order valence-electron chi connectivity index (χ3n) is 7.04. The van der Waals surface area contributed by atoms with Crippen molar-refractivity contribution in [2.45, 2.75) is 95.5 Å². The second kappa shape index (κ2) is 15.7. The van der Waals surface area contributed by atoms with Crippen LogP contribution >= 0.6 is 0 Å². The number of alkyl halides is 2. The van der Waals surface area contributed by atoms with E-state index in [9.17, 15) is 24.6 Å². The van der Waals surface area contributed by atoms with Crippen molar-refractivity contribution in [3.63, 3.8) is 0 Å².